The van der Waals surface area contributed by atoms with E-state index in [1.165, 1.54) is 16.0 Å². The number of aldehydes is 1. The van der Waals surface area contributed by atoms with Gasteiger partial charge in [-0.15, -0.1) is 11.3 Å². The van der Waals surface area contributed by atoms with Crippen LogP contribution in [-0.4, -0.2) is 12.1 Å². The smallest absolute Gasteiger partial charge is 0.196 e. The summed E-state index contributed by atoms with van der Waals surface area (Å²) in [6.45, 7) is 6.83. The summed E-state index contributed by atoms with van der Waals surface area (Å²) < 4.78 is 0. The van der Waals surface area contributed by atoms with Gasteiger partial charge in [0.15, 0.2) is 5.78 Å². The lowest BCUT2D eigenvalue weighted by molar-refractivity contribution is 0.104. The predicted octanol–water partition coefficient (Wildman–Crippen LogP) is 5.06. The second kappa shape index (κ2) is 5.25. The van der Waals surface area contributed by atoms with Crippen LogP contribution in [0.2, 0.25) is 0 Å². The largest absolute Gasteiger partial charge is 0.298 e. The minimum Gasteiger partial charge on any atom is -0.298 e. The Morgan fingerprint density at radius 1 is 1.21 bits per heavy atom. The van der Waals surface area contributed by atoms with Crippen molar-refractivity contribution in [3.05, 3.63) is 62.3 Å². The van der Waals surface area contributed by atoms with Crippen LogP contribution in [0.3, 0.4) is 0 Å². The van der Waals surface area contributed by atoms with E-state index in [-0.39, 0.29) is 5.78 Å². The second-order valence-electron chi connectivity index (χ2n) is 7.47. The maximum atomic E-state index is 12.7. The molecule has 1 fully saturated rings. The van der Waals surface area contributed by atoms with Crippen LogP contribution in [-0.2, 0) is 6.42 Å². The Labute approximate surface area is 146 Å². The number of aryl methyl sites for hydroxylation is 1. The van der Waals surface area contributed by atoms with Crippen molar-refractivity contribution in [2.24, 2.45) is 11.3 Å². The summed E-state index contributed by atoms with van der Waals surface area (Å²) in [5.41, 5.74) is 4.75. The number of allylic oxidation sites excluding steroid dienone is 1. The zero-order valence-electron chi connectivity index (χ0n) is 14.1. The fourth-order valence-electron chi connectivity index (χ4n) is 4.26. The van der Waals surface area contributed by atoms with Gasteiger partial charge in [0.2, 0.25) is 0 Å². The van der Waals surface area contributed by atoms with Crippen molar-refractivity contribution < 1.29 is 9.59 Å². The quantitative estimate of drug-likeness (QED) is 0.444. The molecule has 1 aromatic heterocycles. The molecule has 0 radical (unpaired) electrons. The molecular weight excluding hydrogens is 316 g/mol. The van der Waals surface area contributed by atoms with Crippen LogP contribution < -0.4 is 0 Å². The number of carbonyl (C=O) groups excluding carboxylic acids is 2. The van der Waals surface area contributed by atoms with Gasteiger partial charge in [-0.3, -0.25) is 9.59 Å². The van der Waals surface area contributed by atoms with Gasteiger partial charge < -0.3 is 0 Å². The van der Waals surface area contributed by atoms with Gasteiger partial charge in [0.25, 0.3) is 0 Å². The minimum absolute atomic E-state index is 0.0999. The van der Waals surface area contributed by atoms with Gasteiger partial charge in [0.1, 0.15) is 6.29 Å². The van der Waals surface area contributed by atoms with E-state index in [0.29, 0.717) is 16.9 Å². The zero-order chi connectivity index (χ0) is 17.1. The molecule has 1 saturated carbocycles. The summed E-state index contributed by atoms with van der Waals surface area (Å²) in [6.07, 6.45) is 5.37. The number of fused-ring (bicyclic) bond motifs is 3. The summed E-state index contributed by atoms with van der Waals surface area (Å²) in [7, 11) is 0. The first-order valence-corrected chi connectivity index (χ1v) is 9.15. The summed E-state index contributed by atoms with van der Waals surface area (Å²) in [5.74, 6) is 1.48. The third-order valence-corrected chi connectivity index (χ3v) is 6.92. The lowest BCUT2D eigenvalue weighted by Crippen LogP contribution is -2.02. The number of hydrogen-bond donors (Lipinski definition) is 0. The Hall–Kier alpha value is -2.00. The Morgan fingerprint density at radius 3 is 2.54 bits per heavy atom. The number of carbonyl (C=O) groups is 2. The van der Waals surface area contributed by atoms with Gasteiger partial charge in [-0.1, -0.05) is 44.2 Å². The number of benzene rings is 1. The van der Waals surface area contributed by atoms with Gasteiger partial charge >= 0.3 is 0 Å². The Bertz CT molecular complexity index is 868. The first kappa shape index (κ1) is 15.5. The van der Waals surface area contributed by atoms with E-state index in [4.69, 9.17) is 0 Å². The molecule has 0 amide bonds. The van der Waals surface area contributed by atoms with E-state index in [1.54, 1.807) is 29.5 Å². The van der Waals surface area contributed by atoms with Gasteiger partial charge in [-0.05, 0) is 53.4 Å². The molecule has 3 heteroatoms. The molecule has 2 atom stereocenters. The van der Waals surface area contributed by atoms with Crippen LogP contribution in [0.4, 0.5) is 0 Å². The summed E-state index contributed by atoms with van der Waals surface area (Å²) >= 11 is 1.65. The van der Waals surface area contributed by atoms with Crippen molar-refractivity contribution in [2.45, 2.75) is 33.1 Å². The summed E-state index contributed by atoms with van der Waals surface area (Å²) in [6, 6.07) is 7.24. The third kappa shape index (κ3) is 2.22. The molecule has 0 bridgehead atoms. The number of thiophene rings is 1. The molecule has 2 aromatic rings. The molecule has 4 rings (SSSR count). The average molecular weight is 336 g/mol. The molecule has 2 aliphatic carbocycles. The molecule has 2 nitrogen and oxygen atoms in total. The van der Waals surface area contributed by atoms with Gasteiger partial charge in [-0.2, -0.15) is 0 Å². The highest BCUT2D eigenvalue weighted by atomic mass is 32.1. The van der Waals surface area contributed by atoms with Gasteiger partial charge in [0, 0.05) is 10.4 Å². The lowest BCUT2D eigenvalue weighted by atomic mass is 9.94. The lowest BCUT2D eigenvalue weighted by Gasteiger charge is -2.09. The summed E-state index contributed by atoms with van der Waals surface area (Å²) in [5, 5.41) is 0. The fourth-order valence-corrected chi connectivity index (χ4v) is 5.42. The van der Waals surface area contributed by atoms with Crippen molar-refractivity contribution in [3.63, 3.8) is 0 Å². The normalized spacial score (nSPS) is 23.1. The second-order valence-corrected chi connectivity index (χ2v) is 8.70. The van der Waals surface area contributed by atoms with E-state index in [9.17, 15) is 9.59 Å². The molecule has 0 aliphatic heterocycles. The standard InChI is InChI=1S/C21H20O2S/c1-12-18-15(10-16-19(18)21(16,2)3)20(24-12)17(23)9-8-13-4-6-14(11-22)7-5-13/h4-9,11,16,19H,10H2,1-3H3/b9-8+/t16-,19-/m1/s1. The maximum Gasteiger partial charge on any atom is 0.196 e. The van der Waals surface area contributed by atoms with Crippen LogP contribution in [0.1, 0.15) is 61.4 Å². The molecule has 1 aromatic carbocycles. The monoisotopic (exact) mass is 336 g/mol. The van der Waals surface area contributed by atoms with Crippen LogP contribution in [0.15, 0.2) is 30.3 Å². The fraction of sp³-hybridized carbons (Fsp3) is 0.333. The molecule has 0 saturated heterocycles. The van der Waals surface area contributed by atoms with Crippen molar-refractivity contribution >= 4 is 29.5 Å². The highest BCUT2D eigenvalue weighted by molar-refractivity contribution is 7.14. The zero-order valence-corrected chi connectivity index (χ0v) is 14.9. The average Bonchev–Trinajstić information content (AvgIpc) is 2.92. The van der Waals surface area contributed by atoms with Crippen molar-refractivity contribution in [2.75, 3.05) is 0 Å². The van der Waals surface area contributed by atoms with Gasteiger partial charge in [0.05, 0.1) is 4.88 Å². The molecule has 0 spiro atoms. The number of hydrogen-bond acceptors (Lipinski definition) is 3. The van der Waals surface area contributed by atoms with E-state index in [2.05, 4.69) is 20.8 Å². The first-order valence-electron chi connectivity index (χ1n) is 8.33. The van der Waals surface area contributed by atoms with E-state index >= 15 is 0 Å². The number of ketones is 1. The molecule has 2 aliphatic rings. The first-order chi connectivity index (χ1) is 11.4. The Kier molecular flexibility index (Phi) is 3.40. The Balaban J connectivity index is 1.58. The molecule has 1 heterocycles. The van der Waals surface area contributed by atoms with Crippen LogP contribution in [0.25, 0.3) is 6.08 Å². The van der Waals surface area contributed by atoms with E-state index in [0.717, 1.165) is 29.1 Å². The third-order valence-electron chi connectivity index (χ3n) is 5.74. The topological polar surface area (TPSA) is 34.1 Å². The van der Waals surface area contributed by atoms with E-state index in [1.807, 2.05) is 18.2 Å². The van der Waals surface area contributed by atoms with Crippen LogP contribution >= 0.6 is 11.3 Å². The maximum absolute atomic E-state index is 12.7. The SMILES string of the molecule is Cc1sc(C(=O)/C=C/c2ccc(C=O)cc2)c2c1[C@H]1[C@@H](C2)C1(C)C. The highest BCUT2D eigenvalue weighted by Crippen LogP contribution is 2.71. The molecular formula is C21H20O2S. The van der Waals surface area contributed by atoms with Crippen molar-refractivity contribution in [1.82, 2.24) is 0 Å². The highest BCUT2D eigenvalue weighted by Gasteiger charge is 2.63. The van der Waals surface area contributed by atoms with Crippen LogP contribution in [0, 0.1) is 18.3 Å². The summed E-state index contributed by atoms with van der Waals surface area (Å²) in [4.78, 5) is 25.6. The number of rotatable bonds is 4. The Morgan fingerprint density at radius 2 is 1.88 bits per heavy atom. The van der Waals surface area contributed by atoms with Crippen molar-refractivity contribution in [3.8, 4) is 0 Å². The molecule has 0 N–H and O–H groups in total. The minimum atomic E-state index is 0.0999. The molecule has 122 valence electrons. The molecule has 0 unspecified atom stereocenters. The molecule has 24 heavy (non-hydrogen) atoms. The van der Waals surface area contributed by atoms with Crippen molar-refractivity contribution in [1.29, 1.82) is 0 Å². The van der Waals surface area contributed by atoms with Crippen LogP contribution in [0.5, 0.6) is 0 Å². The predicted molar refractivity (Wildman–Crippen MR) is 98.0 cm³/mol. The van der Waals surface area contributed by atoms with Gasteiger partial charge in [-0.25, -0.2) is 0 Å². The van der Waals surface area contributed by atoms with E-state index < -0.39 is 0 Å².